The smallest absolute Gasteiger partial charge is 0.337 e. The number of hydrogen-bond acceptors (Lipinski definition) is 7. The summed E-state index contributed by atoms with van der Waals surface area (Å²) in [6, 6.07) is 14.6. The van der Waals surface area contributed by atoms with Gasteiger partial charge in [-0.25, -0.2) is 4.79 Å². The fourth-order valence-electron chi connectivity index (χ4n) is 4.95. The molecule has 9 heteroatoms. The number of benzene rings is 2. The molecule has 1 atom stereocenters. The van der Waals surface area contributed by atoms with Crippen LogP contribution in [0.15, 0.2) is 60.0 Å². The molecule has 1 aromatic heterocycles. The number of nitrogens with zero attached hydrogens (tertiary/aromatic N) is 1. The van der Waals surface area contributed by atoms with Crippen molar-refractivity contribution in [2.45, 2.75) is 50.6 Å². The molecule has 4 rings (SSSR count). The number of hydrogen-bond donors (Lipinski definition) is 1. The van der Waals surface area contributed by atoms with Gasteiger partial charge in [0.1, 0.15) is 6.04 Å². The Hall–Kier alpha value is -3.85. The van der Waals surface area contributed by atoms with E-state index in [9.17, 15) is 14.4 Å². The Balaban J connectivity index is 1.84. The minimum absolute atomic E-state index is 0.0320. The molecule has 0 saturated heterocycles. The van der Waals surface area contributed by atoms with E-state index in [2.05, 4.69) is 5.32 Å². The van der Waals surface area contributed by atoms with Crippen LogP contribution in [-0.4, -0.2) is 45.2 Å². The second kappa shape index (κ2) is 13.3. The molecule has 0 spiro atoms. The molecule has 0 bridgehead atoms. The first-order valence-electron chi connectivity index (χ1n) is 13.0. The summed E-state index contributed by atoms with van der Waals surface area (Å²) in [6.45, 7) is 0. The first-order chi connectivity index (χ1) is 18.9. The number of nitrogens with one attached hydrogen (secondary N) is 1. The van der Waals surface area contributed by atoms with Gasteiger partial charge in [-0.05, 0) is 60.2 Å². The van der Waals surface area contributed by atoms with Gasteiger partial charge in [0.15, 0.2) is 11.5 Å². The summed E-state index contributed by atoms with van der Waals surface area (Å²) in [5.74, 6) is -0.150. The van der Waals surface area contributed by atoms with E-state index in [0.717, 1.165) is 37.0 Å². The number of carbonyl (C=O) groups excluding carboxylic acids is 3. The van der Waals surface area contributed by atoms with Crippen LogP contribution in [0, 0.1) is 0 Å². The van der Waals surface area contributed by atoms with Gasteiger partial charge in [0.25, 0.3) is 0 Å². The highest BCUT2D eigenvalue weighted by atomic mass is 32.1. The number of esters is 1. The summed E-state index contributed by atoms with van der Waals surface area (Å²) in [7, 11) is 4.37. The lowest BCUT2D eigenvalue weighted by molar-refractivity contribution is -0.127. The van der Waals surface area contributed by atoms with E-state index in [4.69, 9.17) is 14.2 Å². The van der Waals surface area contributed by atoms with Crippen molar-refractivity contribution < 1.29 is 28.6 Å². The van der Waals surface area contributed by atoms with Crippen molar-refractivity contribution >= 4 is 34.8 Å². The predicted octanol–water partition coefficient (Wildman–Crippen LogP) is 5.32. The fraction of sp³-hybridized carbons (Fsp3) is 0.367. The Kier molecular flexibility index (Phi) is 9.59. The third-order valence-electron chi connectivity index (χ3n) is 6.90. The quantitative estimate of drug-likeness (QED) is 0.344. The lowest BCUT2D eigenvalue weighted by atomic mass is 9.94. The van der Waals surface area contributed by atoms with E-state index in [1.807, 2.05) is 17.5 Å². The first kappa shape index (κ1) is 28.2. The van der Waals surface area contributed by atoms with Crippen LogP contribution in [0.2, 0.25) is 0 Å². The van der Waals surface area contributed by atoms with Gasteiger partial charge >= 0.3 is 5.97 Å². The lowest BCUT2D eigenvalue weighted by Crippen LogP contribution is -2.47. The van der Waals surface area contributed by atoms with Crippen molar-refractivity contribution in [3.8, 4) is 11.5 Å². The zero-order valence-electron chi connectivity index (χ0n) is 22.5. The topological polar surface area (TPSA) is 94.2 Å². The van der Waals surface area contributed by atoms with Crippen LogP contribution < -0.4 is 19.7 Å². The van der Waals surface area contributed by atoms with E-state index in [0.29, 0.717) is 22.7 Å². The molecule has 1 fully saturated rings. The molecule has 39 heavy (non-hydrogen) atoms. The Morgan fingerprint density at radius 1 is 0.949 bits per heavy atom. The SMILES string of the molecule is COC(=O)c1cccc(N(C(=O)Cc2cccs2)[C@@H](C(=O)NC2CCCCC2)c2ccc(OC)c(OC)c2)c1. The molecule has 206 valence electrons. The normalized spacial score (nSPS) is 14.2. The van der Waals surface area contributed by atoms with E-state index in [1.165, 1.54) is 30.5 Å². The summed E-state index contributed by atoms with van der Waals surface area (Å²) in [4.78, 5) is 42.8. The average molecular weight is 551 g/mol. The number of thiophene rings is 1. The molecule has 2 amide bonds. The lowest BCUT2D eigenvalue weighted by Gasteiger charge is -2.34. The molecule has 1 saturated carbocycles. The molecule has 2 aromatic carbocycles. The Bertz CT molecular complexity index is 1290. The third-order valence-corrected chi connectivity index (χ3v) is 7.78. The van der Waals surface area contributed by atoms with Crippen molar-refractivity contribution in [3.05, 3.63) is 76.0 Å². The Morgan fingerprint density at radius 2 is 1.72 bits per heavy atom. The third kappa shape index (κ3) is 6.78. The maximum atomic E-state index is 14.1. The van der Waals surface area contributed by atoms with E-state index >= 15 is 0 Å². The predicted molar refractivity (Wildman–Crippen MR) is 151 cm³/mol. The van der Waals surface area contributed by atoms with Crippen LogP contribution in [0.3, 0.4) is 0 Å². The second-order valence-electron chi connectivity index (χ2n) is 9.42. The van der Waals surface area contributed by atoms with Crippen LogP contribution in [0.4, 0.5) is 5.69 Å². The van der Waals surface area contributed by atoms with Gasteiger partial charge in [-0.15, -0.1) is 11.3 Å². The highest BCUT2D eigenvalue weighted by molar-refractivity contribution is 7.10. The molecule has 1 heterocycles. The molecule has 1 aliphatic carbocycles. The summed E-state index contributed by atoms with van der Waals surface area (Å²) in [5, 5.41) is 5.11. The van der Waals surface area contributed by atoms with E-state index < -0.39 is 12.0 Å². The Morgan fingerprint density at radius 3 is 2.38 bits per heavy atom. The zero-order valence-corrected chi connectivity index (χ0v) is 23.3. The van der Waals surface area contributed by atoms with Gasteiger partial charge in [0.2, 0.25) is 11.8 Å². The van der Waals surface area contributed by atoms with Gasteiger partial charge in [0, 0.05) is 16.6 Å². The van der Waals surface area contributed by atoms with Crippen LogP contribution in [0.1, 0.15) is 58.9 Å². The fourth-order valence-corrected chi connectivity index (χ4v) is 5.65. The van der Waals surface area contributed by atoms with Gasteiger partial charge in [0.05, 0.1) is 33.3 Å². The highest BCUT2D eigenvalue weighted by Crippen LogP contribution is 2.35. The summed E-state index contributed by atoms with van der Waals surface area (Å²) in [5.41, 5.74) is 1.25. The highest BCUT2D eigenvalue weighted by Gasteiger charge is 2.35. The van der Waals surface area contributed by atoms with Crippen LogP contribution >= 0.6 is 11.3 Å². The first-order valence-corrected chi connectivity index (χ1v) is 13.9. The van der Waals surface area contributed by atoms with Crippen molar-refractivity contribution in [1.82, 2.24) is 5.32 Å². The van der Waals surface area contributed by atoms with Crippen molar-refractivity contribution in [2.24, 2.45) is 0 Å². The molecule has 1 N–H and O–H groups in total. The molecule has 3 aromatic rings. The average Bonchev–Trinajstić information content (AvgIpc) is 3.48. The molecular formula is C30H34N2O6S. The number of ether oxygens (including phenoxy) is 3. The number of anilines is 1. The number of rotatable bonds is 10. The standard InChI is InChI=1S/C30H34N2O6S/c1-36-25-15-14-20(18-26(25)37-2)28(29(34)31-22-10-5-4-6-11-22)32(27(33)19-24-13-8-16-39-24)23-12-7-9-21(17-23)30(35)38-3/h7-9,12-18,22,28H,4-6,10-11,19H2,1-3H3,(H,31,34)/t28-/m1/s1. The Labute approximate surface area is 232 Å². The molecule has 0 aliphatic heterocycles. The molecule has 0 radical (unpaired) electrons. The van der Waals surface area contributed by atoms with E-state index in [-0.39, 0.29) is 29.8 Å². The molecule has 1 aliphatic rings. The van der Waals surface area contributed by atoms with Gasteiger partial charge < -0.3 is 19.5 Å². The molecule has 8 nitrogen and oxygen atoms in total. The van der Waals surface area contributed by atoms with Crippen molar-refractivity contribution in [2.75, 3.05) is 26.2 Å². The summed E-state index contributed by atoms with van der Waals surface area (Å²) >= 11 is 1.47. The van der Waals surface area contributed by atoms with Gasteiger partial charge in [-0.2, -0.15) is 0 Å². The summed E-state index contributed by atoms with van der Waals surface area (Å²) in [6.07, 6.45) is 5.14. The minimum atomic E-state index is -1.02. The zero-order chi connectivity index (χ0) is 27.8. The molecular weight excluding hydrogens is 516 g/mol. The van der Waals surface area contributed by atoms with Crippen LogP contribution in [0.25, 0.3) is 0 Å². The maximum Gasteiger partial charge on any atom is 0.337 e. The maximum absolute atomic E-state index is 14.1. The number of methoxy groups -OCH3 is 3. The summed E-state index contributed by atoms with van der Waals surface area (Å²) < 4.78 is 15.9. The van der Waals surface area contributed by atoms with Gasteiger partial charge in [-0.3, -0.25) is 14.5 Å². The molecule has 0 unspecified atom stereocenters. The minimum Gasteiger partial charge on any atom is -0.493 e. The number of amides is 2. The second-order valence-corrected chi connectivity index (χ2v) is 10.5. The monoisotopic (exact) mass is 550 g/mol. The largest absolute Gasteiger partial charge is 0.493 e. The van der Waals surface area contributed by atoms with Crippen molar-refractivity contribution in [1.29, 1.82) is 0 Å². The van der Waals surface area contributed by atoms with Crippen LogP contribution in [-0.2, 0) is 20.7 Å². The number of carbonyl (C=O) groups is 3. The van der Waals surface area contributed by atoms with E-state index in [1.54, 1.807) is 49.6 Å². The van der Waals surface area contributed by atoms with Crippen molar-refractivity contribution in [3.63, 3.8) is 0 Å². The van der Waals surface area contributed by atoms with Gasteiger partial charge in [-0.1, -0.05) is 37.5 Å². The van der Waals surface area contributed by atoms with Crippen LogP contribution in [0.5, 0.6) is 11.5 Å².